The Balaban J connectivity index is 2.24. The van der Waals surface area contributed by atoms with Gasteiger partial charge in [-0.2, -0.15) is 0 Å². The molecule has 0 aliphatic rings. The highest BCUT2D eigenvalue weighted by atomic mass is 35.5. The minimum absolute atomic E-state index is 0.0817. The number of aliphatic imine (C=N–C) groups is 1. The third-order valence-electron chi connectivity index (χ3n) is 3.42. The van der Waals surface area contributed by atoms with E-state index in [0.717, 1.165) is 6.07 Å². The van der Waals surface area contributed by atoms with Crippen molar-refractivity contribution in [2.75, 3.05) is 0 Å². The molecule has 0 aliphatic heterocycles. The molecule has 0 aliphatic carbocycles. The molecular formula is C16H15ClN2O5. The molecule has 3 N–H and O–H groups in total. The Morgan fingerprint density at radius 3 is 2.46 bits per heavy atom. The van der Waals surface area contributed by atoms with Crippen LogP contribution in [0.15, 0.2) is 41.4 Å². The van der Waals surface area contributed by atoms with Crippen molar-refractivity contribution in [3.63, 3.8) is 0 Å². The number of nitro benzene ring substituents is 1. The van der Waals surface area contributed by atoms with Crippen LogP contribution in [-0.2, 0) is 0 Å². The Kier molecular flexibility index (Phi) is 5.38. The van der Waals surface area contributed by atoms with Crippen molar-refractivity contribution < 1.29 is 20.2 Å². The molecule has 7 nitrogen and oxygen atoms in total. The molecule has 0 saturated carbocycles. The van der Waals surface area contributed by atoms with E-state index in [9.17, 15) is 25.4 Å². The van der Waals surface area contributed by atoms with Crippen LogP contribution in [0.1, 0.15) is 24.2 Å². The molecule has 8 heteroatoms. The standard InChI is InChI=1S/C16H15ClN2O5/c1-9(15(21)10-2-4-13(20)5-3-10)18-8-11-6-12(17)7-14(16(11)22)19(23)24/h2-9,15,20-22H,1H3/t9-,15+/m1/s1. The zero-order valence-electron chi connectivity index (χ0n) is 12.6. The summed E-state index contributed by atoms with van der Waals surface area (Å²) in [6, 6.07) is 7.81. The smallest absolute Gasteiger partial charge is 0.312 e. The Bertz CT molecular complexity index is 777. The van der Waals surface area contributed by atoms with Crippen molar-refractivity contribution in [2.24, 2.45) is 4.99 Å². The number of nitro groups is 1. The average Bonchev–Trinajstić information content (AvgIpc) is 2.54. The SMILES string of the molecule is C[C@@H](N=Cc1cc(Cl)cc([N+](=O)[O-])c1O)[C@H](O)c1ccc(O)cc1. The van der Waals surface area contributed by atoms with Crippen LogP contribution in [0.2, 0.25) is 5.02 Å². The van der Waals surface area contributed by atoms with E-state index in [1.165, 1.54) is 24.4 Å². The molecular weight excluding hydrogens is 336 g/mol. The topological polar surface area (TPSA) is 116 Å². The number of aliphatic hydroxyl groups is 1. The quantitative estimate of drug-likeness (QED) is 0.435. The lowest BCUT2D eigenvalue weighted by molar-refractivity contribution is -0.385. The second kappa shape index (κ2) is 7.29. The van der Waals surface area contributed by atoms with E-state index in [2.05, 4.69) is 4.99 Å². The van der Waals surface area contributed by atoms with Gasteiger partial charge in [-0.05, 0) is 30.7 Å². The predicted octanol–water partition coefficient (Wildman–Crippen LogP) is 3.20. The molecule has 2 rings (SSSR count). The Hall–Kier alpha value is -2.64. The molecule has 24 heavy (non-hydrogen) atoms. The summed E-state index contributed by atoms with van der Waals surface area (Å²) in [5.74, 6) is -0.460. The Labute approximate surface area is 142 Å². The van der Waals surface area contributed by atoms with Crippen LogP contribution in [0.3, 0.4) is 0 Å². The second-order valence-electron chi connectivity index (χ2n) is 5.18. The van der Waals surface area contributed by atoms with E-state index in [1.54, 1.807) is 19.1 Å². The third-order valence-corrected chi connectivity index (χ3v) is 3.64. The molecule has 126 valence electrons. The second-order valence-corrected chi connectivity index (χ2v) is 5.61. The summed E-state index contributed by atoms with van der Waals surface area (Å²) >= 11 is 5.80. The summed E-state index contributed by atoms with van der Waals surface area (Å²) in [5, 5.41) is 40.3. The van der Waals surface area contributed by atoms with E-state index in [0.29, 0.717) is 5.56 Å². The summed E-state index contributed by atoms with van der Waals surface area (Å²) in [6.45, 7) is 1.64. The van der Waals surface area contributed by atoms with Crippen LogP contribution < -0.4 is 0 Å². The zero-order chi connectivity index (χ0) is 17.9. The lowest BCUT2D eigenvalue weighted by atomic mass is 10.0. The van der Waals surface area contributed by atoms with Crippen LogP contribution in [-0.4, -0.2) is 32.5 Å². The van der Waals surface area contributed by atoms with Crippen LogP contribution in [0.5, 0.6) is 11.5 Å². The summed E-state index contributed by atoms with van der Waals surface area (Å²) in [6.07, 6.45) is 0.279. The summed E-state index contributed by atoms with van der Waals surface area (Å²) in [4.78, 5) is 14.2. The molecule has 0 saturated heterocycles. The third kappa shape index (κ3) is 4.01. The summed E-state index contributed by atoms with van der Waals surface area (Å²) in [5.41, 5.74) is 0.119. The van der Waals surface area contributed by atoms with Crippen LogP contribution >= 0.6 is 11.6 Å². The van der Waals surface area contributed by atoms with Crippen LogP contribution in [0.4, 0.5) is 5.69 Å². The number of rotatable bonds is 5. The van der Waals surface area contributed by atoms with Gasteiger partial charge in [0.2, 0.25) is 5.75 Å². The average molecular weight is 351 g/mol. The first-order valence-corrected chi connectivity index (χ1v) is 7.34. The van der Waals surface area contributed by atoms with Gasteiger partial charge < -0.3 is 15.3 Å². The number of hydrogen-bond acceptors (Lipinski definition) is 6. The number of halogens is 1. The van der Waals surface area contributed by atoms with Gasteiger partial charge in [0.15, 0.2) is 0 Å². The first-order valence-electron chi connectivity index (χ1n) is 6.96. The number of aromatic hydroxyl groups is 2. The van der Waals surface area contributed by atoms with E-state index in [4.69, 9.17) is 11.6 Å². The molecule has 0 radical (unpaired) electrons. The van der Waals surface area contributed by atoms with Gasteiger partial charge >= 0.3 is 5.69 Å². The Morgan fingerprint density at radius 2 is 1.88 bits per heavy atom. The minimum atomic E-state index is -0.946. The number of aliphatic hydroxyl groups excluding tert-OH is 1. The molecule has 0 amide bonds. The Morgan fingerprint density at radius 1 is 1.25 bits per heavy atom. The van der Waals surface area contributed by atoms with Gasteiger partial charge in [-0.15, -0.1) is 0 Å². The van der Waals surface area contributed by atoms with E-state index in [-0.39, 0.29) is 16.3 Å². The number of nitrogens with zero attached hydrogens (tertiary/aromatic N) is 2. The first kappa shape index (κ1) is 17.7. The van der Waals surface area contributed by atoms with Gasteiger partial charge in [-0.1, -0.05) is 23.7 Å². The molecule has 0 fully saturated rings. The van der Waals surface area contributed by atoms with Crippen molar-refractivity contribution in [2.45, 2.75) is 19.1 Å². The maximum Gasteiger partial charge on any atom is 0.312 e. The lowest BCUT2D eigenvalue weighted by Crippen LogP contribution is -2.12. The highest BCUT2D eigenvalue weighted by molar-refractivity contribution is 6.31. The summed E-state index contributed by atoms with van der Waals surface area (Å²) in [7, 11) is 0. The fourth-order valence-electron chi connectivity index (χ4n) is 2.07. The molecule has 2 atom stereocenters. The van der Waals surface area contributed by atoms with Gasteiger partial charge in [0.25, 0.3) is 0 Å². The molecule has 0 spiro atoms. The van der Waals surface area contributed by atoms with Gasteiger partial charge in [0.1, 0.15) is 11.9 Å². The monoisotopic (exact) mass is 350 g/mol. The van der Waals surface area contributed by atoms with Crippen molar-refractivity contribution >= 4 is 23.5 Å². The zero-order valence-corrected chi connectivity index (χ0v) is 13.4. The highest BCUT2D eigenvalue weighted by Crippen LogP contribution is 2.32. The van der Waals surface area contributed by atoms with Gasteiger partial charge in [0.05, 0.1) is 11.0 Å². The number of hydrogen-bond donors (Lipinski definition) is 3. The molecule has 0 aromatic heterocycles. The summed E-state index contributed by atoms with van der Waals surface area (Å²) < 4.78 is 0. The molecule has 2 aromatic rings. The van der Waals surface area contributed by atoms with Gasteiger partial charge in [0, 0.05) is 22.9 Å². The van der Waals surface area contributed by atoms with Crippen LogP contribution in [0, 0.1) is 10.1 Å². The van der Waals surface area contributed by atoms with Crippen molar-refractivity contribution in [1.82, 2.24) is 0 Å². The number of benzene rings is 2. The normalized spacial score (nSPS) is 13.8. The fraction of sp³-hybridized carbons (Fsp3) is 0.188. The molecule has 2 aromatic carbocycles. The van der Waals surface area contributed by atoms with E-state index in [1.807, 2.05) is 0 Å². The van der Waals surface area contributed by atoms with Crippen LogP contribution in [0.25, 0.3) is 0 Å². The largest absolute Gasteiger partial charge is 0.508 e. The van der Waals surface area contributed by atoms with Crippen molar-refractivity contribution in [1.29, 1.82) is 0 Å². The number of phenolic OH excluding ortho intramolecular Hbond substituents is 2. The fourth-order valence-corrected chi connectivity index (χ4v) is 2.29. The van der Waals surface area contributed by atoms with E-state index < -0.39 is 28.5 Å². The lowest BCUT2D eigenvalue weighted by Gasteiger charge is -2.15. The number of phenols is 2. The minimum Gasteiger partial charge on any atom is -0.508 e. The predicted molar refractivity (Wildman–Crippen MR) is 89.9 cm³/mol. The van der Waals surface area contributed by atoms with E-state index >= 15 is 0 Å². The molecule has 0 heterocycles. The molecule has 0 unspecified atom stereocenters. The first-order chi connectivity index (χ1) is 11.3. The van der Waals surface area contributed by atoms with Gasteiger partial charge in [-0.3, -0.25) is 15.1 Å². The highest BCUT2D eigenvalue weighted by Gasteiger charge is 2.19. The maximum absolute atomic E-state index is 10.9. The molecule has 0 bridgehead atoms. The van der Waals surface area contributed by atoms with Crippen molar-refractivity contribution in [3.8, 4) is 11.5 Å². The maximum atomic E-state index is 10.9. The van der Waals surface area contributed by atoms with Gasteiger partial charge in [-0.25, -0.2) is 0 Å². The van der Waals surface area contributed by atoms with Crippen molar-refractivity contribution in [3.05, 3.63) is 62.7 Å².